The second-order valence-corrected chi connectivity index (χ2v) is 6.89. The Morgan fingerprint density at radius 2 is 1.79 bits per heavy atom. The Bertz CT molecular complexity index is 974. The van der Waals surface area contributed by atoms with Crippen molar-refractivity contribution in [1.82, 2.24) is 4.98 Å². The third-order valence-electron chi connectivity index (χ3n) is 3.96. The van der Waals surface area contributed by atoms with Gasteiger partial charge in [-0.1, -0.05) is 12.1 Å². The number of benzene rings is 2. The van der Waals surface area contributed by atoms with Crippen LogP contribution in [0.15, 0.2) is 41.8 Å². The summed E-state index contributed by atoms with van der Waals surface area (Å²) in [5.41, 5.74) is 1.52. The van der Waals surface area contributed by atoms with E-state index < -0.39 is 11.7 Å². The highest BCUT2D eigenvalue weighted by atomic mass is 32.1. The van der Waals surface area contributed by atoms with Crippen molar-refractivity contribution in [3.8, 4) is 11.5 Å². The van der Waals surface area contributed by atoms with Crippen LogP contribution in [0.1, 0.15) is 16.3 Å². The molecule has 0 aliphatic carbocycles. The van der Waals surface area contributed by atoms with Gasteiger partial charge in [-0.2, -0.15) is 0 Å². The van der Waals surface area contributed by atoms with Crippen molar-refractivity contribution in [3.63, 3.8) is 0 Å². The second-order valence-electron chi connectivity index (χ2n) is 5.95. The van der Waals surface area contributed by atoms with E-state index >= 15 is 0 Å². The molecule has 1 aromatic heterocycles. The highest BCUT2D eigenvalue weighted by molar-refractivity contribution is 7.09. The van der Waals surface area contributed by atoms with E-state index in [0.717, 1.165) is 16.6 Å². The Morgan fingerprint density at radius 1 is 1.11 bits per heavy atom. The zero-order valence-electron chi connectivity index (χ0n) is 15.3. The maximum absolute atomic E-state index is 14.1. The molecule has 0 atom stereocenters. The molecule has 2 aromatic carbocycles. The molecule has 0 fully saturated rings. The molecule has 8 heteroatoms. The van der Waals surface area contributed by atoms with E-state index in [0.29, 0.717) is 17.9 Å². The normalized spacial score (nSPS) is 10.6. The second kappa shape index (κ2) is 8.79. The van der Waals surface area contributed by atoms with Crippen molar-refractivity contribution < 1.29 is 23.0 Å². The van der Waals surface area contributed by atoms with Gasteiger partial charge in [0.05, 0.1) is 37.0 Å². The molecule has 1 amide bonds. The van der Waals surface area contributed by atoms with E-state index in [4.69, 9.17) is 9.47 Å². The maximum atomic E-state index is 14.1. The van der Waals surface area contributed by atoms with E-state index in [1.807, 2.05) is 0 Å². The SMILES string of the molecule is COc1cc(F)c(NC(=O)Cc2csc(Cc3ccc(F)cc3)n2)cc1OC. The summed E-state index contributed by atoms with van der Waals surface area (Å²) >= 11 is 1.42. The molecule has 0 saturated carbocycles. The van der Waals surface area contributed by atoms with Gasteiger partial charge in [0.1, 0.15) is 5.82 Å². The molecule has 1 N–H and O–H groups in total. The van der Waals surface area contributed by atoms with Crippen molar-refractivity contribution in [2.24, 2.45) is 0 Å². The zero-order chi connectivity index (χ0) is 20.1. The third-order valence-corrected chi connectivity index (χ3v) is 4.85. The Hall–Kier alpha value is -3.00. The first-order chi connectivity index (χ1) is 13.5. The Kier molecular flexibility index (Phi) is 6.20. The average molecular weight is 404 g/mol. The van der Waals surface area contributed by atoms with Gasteiger partial charge in [-0.3, -0.25) is 4.79 Å². The average Bonchev–Trinajstić information content (AvgIpc) is 3.11. The van der Waals surface area contributed by atoms with Gasteiger partial charge in [0.2, 0.25) is 5.91 Å². The molecular weight excluding hydrogens is 386 g/mol. The summed E-state index contributed by atoms with van der Waals surface area (Å²) in [5, 5.41) is 5.12. The summed E-state index contributed by atoms with van der Waals surface area (Å²) in [6.45, 7) is 0. The van der Waals surface area contributed by atoms with E-state index in [2.05, 4.69) is 10.3 Å². The fourth-order valence-corrected chi connectivity index (χ4v) is 3.43. The van der Waals surface area contributed by atoms with Gasteiger partial charge in [0.25, 0.3) is 0 Å². The molecule has 1 heterocycles. The molecule has 146 valence electrons. The molecule has 5 nitrogen and oxygen atoms in total. The molecule has 0 unspecified atom stereocenters. The first kappa shape index (κ1) is 19.8. The predicted octanol–water partition coefficient (Wildman–Crippen LogP) is 4.21. The van der Waals surface area contributed by atoms with Gasteiger partial charge in [0.15, 0.2) is 17.3 Å². The van der Waals surface area contributed by atoms with Crippen molar-refractivity contribution in [2.45, 2.75) is 12.8 Å². The van der Waals surface area contributed by atoms with Crippen molar-refractivity contribution >= 4 is 22.9 Å². The van der Waals surface area contributed by atoms with Crippen LogP contribution in [-0.2, 0) is 17.6 Å². The molecule has 0 spiro atoms. The number of hydrogen-bond acceptors (Lipinski definition) is 5. The third kappa shape index (κ3) is 4.83. The number of nitrogens with zero attached hydrogens (tertiary/aromatic N) is 1. The minimum atomic E-state index is -0.624. The molecule has 0 aliphatic heterocycles. The first-order valence-corrected chi connectivity index (χ1v) is 9.25. The van der Waals surface area contributed by atoms with Crippen LogP contribution in [0.5, 0.6) is 11.5 Å². The summed E-state index contributed by atoms with van der Waals surface area (Å²) < 4.78 is 37.3. The summed E-state index contributed by atoms with van der Waals surface area (Å²) in [5.74, 6) is -0.758. The molecule has 28 heavy (non-hydrogen) atoms. The number of carbonyl (C=O) groups is 1. The zero-order valence-corrected chi connectivity index (χ0v) is 16.1. The fraction of sp³-hybridized carbons (Fsp3) is 0.200. The van der Waals surface area contributed by atoms with Gasteiger partial charge in [-0.25, -0.2) is 13.8 Å². The highest BCUT2D eigenvalue weighted by Gasteiger charge is 2.15. The Morgan fingerprint density at radius 3 is 2.46 bits per heavy atom. The lowest BCUT2D eigenvalue weighted by molar-refractivity contribution is -0.115. The number of halogens is 2. The number of methoxy groups -OCH3 is 2. The van der Waals surface area contributed by atoms with Crippen LogP contribution < -0.4 is 14.8 Å². The number of rotatable bonds is 7. The summed E-state index contributed by atoms with van der Waals surface area (Å²) in [4.78, 5) is 16.7. The van der Waals surface area contributed by atoms with Crippen LogP contribution in [0.25, 0.3) is 0 Å². The van der Waals surface area contributed by atoms with E-state index in [9.17, 15) is 13.6 Å². The minimum absolute atomic E-state index is 0.00409. The van der Waals surface area contributed by atoms with Crippen LogP contribution in [0, 0.1) is 11.6 Å². The number of amides is 1. The topological polar surface area (TPSA) is 60.5 Å². The Balaban J connectivity index is 1.64. The molecule has 0 bridgehead atoms. The smallest absolute Gasteiger partial charge is 0.230 e. The number of anilines is 1. The lowest BCUT2D eigenvalue weighted by atomic mass is 10.1. The van der Waals surface area contributed by atoms with Crippen molar-refractivity contribution in [1.29, 1.82) is 0 Å². The number of thiazole rings is 1. The number of aromatic nitrogens is 1. The molecule has 0 radical (unpaired) electrons. The quantitative estimate of drug-likeness (QED) is 0.641. The minimum Gasteiger partial charge on any atom is -0.493 e. The van der Waals surface area contributed by atoms with Crippen LogP contribution in [-0.4, -0.2) is 25.1 Å². The van der Waals surface area contributed by atoms with E-state index in [1.54, 1.807) is 17.5 Å². The lowest BCUT2D eigenvalue weighted by Crippen LogP contribution is -2.16. The summed E-state index contributed by atoms with van der Waals surface area (Å²) in [6.07, 6.45) is 0.560. The molecule has 3 aromatic rings. The van der Waals surface area contributed by atoms with Gasteiger partial charge < -0.3 is 14.8 Å². The largest absolute Gasteiger partial charge is 0.493 e. The molecule has 0 saturated heterocycles. The predicted molar refractivity (Wildman–Crippen MR) is 103 cm³/mol. The molecule has 0 aliphatic rings. The molecular formula is C20H18F2N2O3S. The Labute approximate surface area is 164 Å². The monoisotopic (exact) mass is 404 g/mol. The maximum Gasteiger partial charge on any atom is 0.230 e. The van der Waals surface area contributed by atoms with E-state index in [-0.39, 0.29) is 23.7 Å². The van der Waals surface area contributed by atoms with Crippen LogP contribution in [0.4, 0.5) is 14.5 Å². The van der Waals surface area contributed by atoms with Crippen molar-refractivity contribution in [2.75, 3.05) is 19.5 Å². The number of hydrogen-bond donors (Lipinski definition) is 1. The highest BCUT2D eigenvalue weighted by Crippen LogP contribution is 2.32. The van der Waals surface area contributed by atoms with Gasteiger partial charge in [-0.15, -0.1) is 11.3 Å². The van der Waals surface area contributed by atoms with E-state index in [1.165, 1.54) is 43.8 Å². The van der Waals surface area contributed by atoms with Gasteiger partial charge in [0, 0.05) is 23.9 Å². The van der Waals surface area contributed by atoms with Crippen LogP contribution in [0.3, 0.4) is 0 Å². The molecule has 3 rings (SSSR count). The van der Waals surface area contributed by atoms with Gasteiger partial charge in [-0.05, 0) is 17.7 Å². The summed E-state index contributed by atoms with van der Waals surface area (Å²) in [7, 11) is 2.83. The van der Waals surface area contributed by atoms with Crippen LogP contribution >= 0.6 is 11.3 Å². The standard InChI is InChI=1S/C20H18F2N2O3S/c1-26-17-9-15(22)16(10-18(17)27-2)24-19(25)8-14-11-28-20(23-14)7-12-3-5-13(21)6-4-12/h3-6,9-11H,7-8H2,1-2H3,(H,24,25). The number of carbonyl (C=O) groups excluding carboxylic acids is 1. The fourth-order valence-electron chi connectivity index (χ4n) is 2.60. The number of nitrogens with one attached hydrogen (secondary N) is 1. The van der Waals surface area contributed by atoms with Gasteiger partial charge >= 0.3 is 0 Å². The lowest BCUT2D eigenvalue weighted by Gasteiger charge is -2.11. The number of ether oxygens (including phenoxy) is 2. The van der Waals surface area contributed by atoms with Crippen molar-refractivity contribution in [3.05, 3.63) is 69.7 Å². The van der Waals surface area contributed by atoms with Crippen LogP contribution in [0.2, 0.25) is 0 Å². The first-order valence-electron chi connectivity index (χ1n) is 8.37. The summed E-state index contributed by atoms with van der Waals surface area (Å²) in [6, 6.07) is 8.71.